The number of fused-ring (bicyclic) bond motifs is 1. The summed E-state index contributed by atoms with van der Waals surface area (Å²) >= 11 is 0. The first kappa shape index (κ1) is 21.8. The summed E-state index contributed by atoms with van der Waals surface area (Å²) in [5.74, 6) is 1.12. The maximum Gasteiger partial charge on any atom is 0.256 e. The largest absolute Gasteiger partial charge is 0.373 e. The highest BCUT2D eigenvalue weighted by Gasteiger charge is 2.23. The molecule has 7 heteroatoms. The minimum absolute atomic E-state index is 0.166. The van der Waals surface area contributed by atoms with E-state index < -0.39 is 0 Å². The molecule has 1 amide bonds. The molecule has 0 bridgehead atoms. The fourth-order valence-corrected chi connectivity index (χ4v) is 4.84. The van der Waals surface area contributed by atoms with Gasteiger partial charge in [-0.05, 0) is 56.5 Å². The molecule has 2 fully saturated rings. The van der Waals surface area contributed by atoms with Gasteiger partial charge < -0.3 is 15.0 Å². The highest BCUT2D eigenvalue weighted by atomic mass is 16.5. The number of hydrogen-bond acceptors (Lipinski definition) is 6. The summed E-state index contributed by atoms with van der Waals surface area (Å²) in [6.07, 6.45) is 2.74. The van der Waals surface area contributed by atoms with Crippen LogP contribution in [0.3, 0.4) is 0 Å². The van der Waals surface area contributed by atoms with Gasteiger partial charge in [0.05, 0.1) is 23.2 Å². The minimum atomic E-state index is -0.166. The van der Waals surface area contributed by atoms with Crippen LogP contribution in [0.15, 0.2) is 48.5 Å². The minimum Gasteiger partial charge on any atom is -0.373 e. The Morgan fingerprint density at radius 1 is 0.970 bits per heavy atom. The summed E-state index contributed by atoms with van der Waals surface area (Å²) < 4.78 is 5.83. The topological polar surface area (TPSA) is 70.6 Å². The number of carbonyl (C=O) groups excluding carboxylic acids is 1. The number of anilines is 2. The predicted octanol–water partition coefficient (Wildman–Crippen LogP) is 4.09. The zero-order valence-corrected chi connectivity index (χ0v) is 19.3. The van der Waals surface area contributed by atoms with Crippen molar-refractivity contribution in [2.24, 2.45) is 0 Å². The molecule has 172 valence electrons. The smallest absolute Gasteiger partial charge is 0.256 e. The maximum atomic E-state index is 13.1. The second-order valence-corrected chi connectivity index (χ2v) is 9.18. The molecule has 7 nitrogen and oxygen atoms in total. The lowest BCUT2D eigenvalue weighted by atomic mass is 10.1. The Morgan fingerprint density at radius 2 is 1.61 bits per heavy atom. The summed E-state index contributed by atoms with van der Waals surface area (Å²) in [6, 6.07) is 15.6. The van der Waals surface area contributed by atoms with E-state index in [1.807, 2.05) is 48.5 Å². The summed E-state index contributed by atoms with van der Waals surface area (Å²) in [7, 11) is 0. The molecule has 0 spiro atoms. The fraction of sp³-hybridized carbons (Fsp3) is 0.423. The normalized spacial score (nSPS) is 21.5. The molecule has 3 heterocycles. The lowest BCUT2D eigenvalue weighted by molar-refractivity contribution is -0.0704. The van der Waals surface area contributed by atoms with E-state index in [1.54, 1.807) is 0 Å². The highest BCUT2D eigenvalue weighted by Crippen LogP contribution is 2.28. The molecule has 3 aromatic rings. The molecule has 0 saturated carbocycles. The molecule has 2 saturated heterocycles. The molecule has 2 unspecified atom stereocenters. The molecule has 33 heavy (non-hydrogen) atoms. The van der Waals surface area contributed by atoms with Gasteiger partial charge in [0.2, 0.25) is 0 Å². The molecule has 2 aromatic carbocycles. The van der Waals surface area contributed by atoms with Crippen molar-refractivity contribution < 1.29 is 9.53 Å². The zero-order chi connectivity index (χ0) is 22.8. The second-order valence-electron chi connectivity index (χ2n) is 9.18. The van der Waals surface area contributed by atoms with Gasteiger partial charge in [-0.2, -0.15) is 0 Å². The van der Waals surface area contributed by atoms with Gasteiger partial charge in [0.1, 0.15) is 0 Å². The van der Waals surface area contributed by atoms with Crippen LogP contribution in [0, 0.1) is 0 Å². The number of morpholine rings is 1. The van der Waals surface area contributed by atoms with Gasteiger partial charge in [-0.1, -0.05) is 24.3 Å². The number of ether oxygens (including phenoxy) is 1. The van der Waals surface area contributed by atoms with Crippen molar-refractivity contribution in [1.29, 1.82) is 0 Å². The van der Waals surface area contributed by atoms with Crippen molar-refractivity contribution >= 4 is 28.6 Å². The Morgan fingerprint density at radius 3 is 2.27 bits per heavy atom. The van der Waals surface area contributed by atoms with Crippen LogP contribution in [0.5, 0.6) is 0 Å². The molecule has 1 N–H and O–H groups in total. The average molecular weight is 446 g/mol. The van der Waals surface area contributed by atoms with E-state index >= 15 is 0 Å². The SMILES string of the molecule is CC1CN(Cc2ccc(C(=O)Nc3nc4ccccc4nc3N3CCCC3)cc2)CC(C)O1. The van der Waals surface area contributed by atoms with Crippen LogP contribution >= 0.6 is 0 Å². The molecule has 2 aliphatic heterocycles. The summed E-state index contributed by atoms with van der Waals surface area (Å²) in [5.41, 5.74) is 3.43. The van der Waals surface area contributed by atoms with E-state index in [2.05, 4.69) is 29.0 Å². The van der Waals surface area contributed by atoms with Gasteiger partial charge in [-0.15, -0.1) is 0 Å². The molecule has 2 atom stereocenters. The Labute approximate surface area is 194 Å². The van der Waals surface area contributed by atoms with Crippen LogP contribution in [-0.4, -0.2) is 59.2 Å². The summed E-state index contributed by atoms with van der Waals surface area (Å²) in [6.45, 7) is 8.80. The third-order valence-electron chi connectivity index (χ3n) is 6.31. The van der Waals surface area contributed by atoms with Gasteiger partial charge in [0.25, 0.3) is 5.91 Å². The van der Waals surface area contributed by atoms with Crippen LogP contribution in [0.4, 0.5) is 11.6 Å². The number of amides is 1. The first-order valence-corrected chi connectivity index (χ1v) is 11.8. The molecule has 1 aromatic heterocycles. The lowest BCUT2D eigenvalue weighted by Crippen LogP contribution is -2.44. The van der Waals surface area contributed by atoms with Gasteiger partial charge in [-0.25, -0.2) is 9.97 Å². The van der Waals surface area contributed by atoms with Crippen LogP contribution in [0.2, 0.25) is 0 Å². The van der Waals surface area contributed by atoms with E-state index in [0.717, 1.165) is 62.4 Å². The average Bonchev–Trinajstić information content (AvgIpc) is 3.33. The molecule has 2 aliphatic rings. The molecule has 5 rings (SSSR count). The van der Waals surface area contributed by atoms with Crippen LogP contribution < -0.4 is 10.2 Å². The van der Waals surface area contributed by atoms with Gasteiger partial charge >= 0.3 is 0 Å². The monoisotopic (exact) mass is 445 g/mol. The number of benzene rings is 2. The van der Waals surface area contributed by atoms with Crippen molar-refractivity contribution in [3.63, 3.8) is 0 Å². The van der Waals surface area contributed by atoms with Crippen molar-refractivity contribution in [3.8, 4) is 0 Å². The Bertz CT molecular complexity index is 1120. The number of para-hydroxylation sites is 2. The van der Waals surface area contributed by atoms with Gasteiger partial charge in [-0.3, -0.25) is 9.69 Å². The van der Waals surface area contributed by atoms with Crippen LogP contribution in [-0.2, 0) is 11.3 Å². The van der Waals surface area contributed by atoms with Crippen LogP contribution in [0.1, 0.15) is 42.6 Å². The number of nitrogens with one attached hydrogen (secondary N) is 1. The van der Waals surface area contributed by atoms with Crippen molar-refractivity contribution in [2.45, 2.75) is 45.4 Å². The van der Waals surface area contributed by atoms with Crippen molar-refractivity contribution in [3.05, 3.63) is 59.7 Å². The van der Waals surface area contributed by atoms with Gasteiger partial charge in [0, 0.05) is 38.3 Å². The Hall–Kier alpha value is -3.03. The quantitative estimate of drug-likeness (QED) is 0.638. The first-order chi connectivity index (χ1) is 16.0. The second kappa shape index (κ2) is 9.45. The highest BCUT2D eigenvalue weighted by molar-refractivity contribution is 6.05. The standard InChI is InChI=1S/C26H31N5O2/c1-18-15-30(16-19(2)33-18)17-20-9-11-21(12-10-20)26(32)29-24-25(31-13-5-6-14-31)28-23-8-4-3-7-22(23)27-24/h3-4,7-12,18-19H,5-6,13-17H2,1-2H3,(H,27,29,32). The number of nitrogens with zero attached hydrogens (tertiary/aromatic N) is 4. The number of aromatic nitrogens is 2. The van der Waals surface area contributed by atoms with E-state index in [0.29, 0.717) is 11.4 Å². The van der Waals surface area contributed by atoms with E-state index in [1.165, 1.54) is 5.56 Å². The fourth-order valence-electron chi connectivity index (χ4n) is 4.84. The lowest BCUT2D eigenvalue weighted by Gasteiger charge is -2.35. The zero-order valence-electron chi connectivity index (χ0n) is 19.3. The first-order valence-electron chi connectivity index (χ1n) is 11.8. The molecule has 0 radical (unpaired) electrons. The maximum absolute atomic E-state index is 13.1. The summed E-state index contributed by atoms with van der Waals surface area (Å²) in [4.78, 5) is 27.3. The van der Waals surface area contributed by atoms with Gasteiger partial charge in [0.15, 0.2) is 11.6 Å². The predicted molar refractivity (Wildman–Crippen MR) is 131 cm³/mol. The Balaban J connectivity index is 1.32. The van der Waals surface area contributed by atoms with E-state index in [4.69, 9.17) is 14.7 Å². The molecule has 0 aliphatic carbocycles. The van der Waals surface area contributed by atoms with Crippen molar-refractivity contribution in [2.75, 3.05) is 36.4 Å². The van der Waals surface area contributed by atoms with Crippen LogP contribution in [0.25, 0.3) is 11.0 Å². The van der Waals surface area contributed by atoms with Crippen molar-refractivity contribution in [1.82, 2.24) is 14.9 Å². The Kier molecular flexibility index (Phi) is 6.24. The summed E-state index contributed by atoms with van der Waals surface area (Å²) in [5, 5.41) is 3.03. The number of hydrogen-bond donors (Lipinski definition) is 1. The van der Waals surface area contributed by atoms with E-state index in [9.17, 15) is 4.79 Å². The van der Waals surface area contributed by atoms with E-state index in [-0.39, 0.29) is 18.1 Å². The third-order valence-corrected chi connectivity index (χ3v) is 6.31. The number of carbonyl (C=O) groups is 1. The molecular formula is C26H31N5O2. The molecular weight excluding hydrogens is 414 g/mol. The number of rotatable bonds is 5. The third kappa shape index (κ3) is 4.99.